The first-order valence-corrected chi connectivity index (χ1v) is 9.46. The number of methoxy groups -OCH3 is 2. The summed E-state index contributed by atoms with van der Waals surface area (Å²) in [5, 5.41) is 10.8. The van der Waals surface area contributed by atoms with Gasteiger partial charge in [0.2, 0.25) is 0 Å². The lowest BCUT2D eigenvalue weighted by Crippen LogP contribution is -2.47. The van der Waals surface area contributed by atoms with Crippen LogP contribution in [0.1, 0.15) is 22.8 Å². The van der Waals surface area contributed by atoms with Crippen molar-refractivity contribution in [2.75, 3.05) is 51.8 Å². The van der Waals surface area contributed by atoms with E-state index in [0.717, 1.165) is 37.5 Å². The summed E-state index contributed by atoms with van der Waals surface area (Å²) in [5.74, 6) is 1.42. The van der Waals surface area contributed by atoms with E-state index in [0.29, 0.717) is 12.3 Å². The molecule has 1 atom stereocenters. The molecule has 1 unspecified atom stereocenters. The number of aliphatic hydroxyl groups is 1. The number of aryl methyl sites for hydroxylation is 2. The van der Waals surface area contributed by atoms with E-state index >= 15 is 0 Å². The lowest BCUT2D eigenvalue weighted by molar-refractivity contribution is 0.107. The summed E-state index contributed by atoms with van der Waals surface area (Å²) in [4.78, 5) is 4.75. The molecule has 3 rings (SSSR count). The van der Waals surface area contributed by atoms with Gasteiger partial charge in [0.15, 0.2) is 0 Å². The number of hydrogen-bond acceptors (Lipinski definition) is 5. The van der Waals surface area contributed by atoms with Crippen LogP contribution in [0, 0.1) is 13.8 Å². The molecule has 0 aromatic heterocycles. The monoisotopic (exact) mass is 370 g/mol. The number of ether oxygens (including phenoxy) is 2. The van der Waals surface area contributed by atoms with Crippen LogP contribution in [0.25, 0.3) is 0 Å². The average molecular weight is 370 g/mol. The zero-order valence-corrected chi connectivity index (χ0v) is 16.7. The van der Waals surface area contributed by atoms with E-state index in [9.17, 15) is 5.11 Å². The molecule has 5 heteroatoms. The maximum Gasteiger partial charge on any atom is 0.124 e. The van der Waals surface area contributed by atoms with Crippen molar-refractivity contribution < 1.29 is 14.6 Å². The number of anilines is 1. The predicted molar refractivity (Wildman–Crippen MR) is 109 cm³/mol. The van der Waals surface area contributed by atoms with Crippen LogP contribution >= 0.6 is 0 Å². The zero-order chi connectivity index (χ0) is 19.4. The molecule has 146 valence electrons. The second-order valence-corrected chi connectivity index (χ2v) is 7.20. The minimum absolute atomic E-state index is 0.587. The summed E-state index contributed by atoms with van der Waals surface area (Å²) in [5.41, 5.74) is 4.70. The highest BCUT2D eigenvalue weighted by atomic mass is 16.5. The van der Waals surface area contributed by atoms with Gasteiger partial charge in [0.25, 0.3) is 0 Å². The van der Waals surface area contributed by atoms with E-state index in [1.54, 1.807) is 14.2 Å². The Bertz CT molecular complexity index is 770. The van der Waals surface area contributed by atoms with Crippen LogP contribution in [0.5, 0.6) is 11.5 Å². The van der Waals surface area contributed by atoms with E-state index in [-0.39, 0.29) is 0 Å². The molecule has 1 saturated heterocycles. The zero-order valence-electron chi connectivity index (χ0n) is 16.7. The normalized spacial score (nSPS) is 16.3. The Labute approximate surface area is 162 Å². The summed E-state index contributed by atoms with van der Waals surface area (Å²) in [6.45, 7) is 8.67. The van der Waals surface area contributed by atoms with Crippen LogP contribution < -0.4 is 14.4 Å². The first-order valence-electron chi connectivity index (χ1n) is 9.46. The summed E-state index contributed by atoms with van der Waals surface area (Å²) >= 11 is 0. The van der Waals surface area contributed by atoms with E-state index in [4.69, 9.17) is 9.47 Å². The van der Waals surface area contributed by atoms with Gasteiger partial charge in [0.1, 0.15) is 11.5 Å². The highest BCUT2D eigenvalue weighted by Gasteiger charge is 2.23. The standard InChI is InChI=1S/C22H30N2O3/c1-16-5-6-17(2)20(13-16)24-11-9-23(10-12-24)15-21(25)19-14-18(26-3)7-8-22(19)27-4/h5-8,13-14,21,25H,9-12,15H2,1-4H3. The third-order valence-electron chi connectivity index (χ3n) is 5.30. The molecule has 1 fully saturated rings. The predicted octanol–water partition coefficient (Wildman–Crippen LogP) is 3.18. The molecule has 1 heterocycles. The number of rotatable bonds is 6. The highest BCUT2D eigenvalue weighted by molar-refractivity contribution is 5.55. The Morgan fingerprint density at radius 1 is 0.963 bits per heavy atom. The molecule has 1 N–H and O–H groups in total. The molecular weight excluding hydrogens is 340 g/mol. The SMILES string of the molecule is COc1ccc(OC)c(C(O)CN2CCN(c3cc(C)ccc3C)CC2)c1. The van der Waals surface area contributed by atoms with Crippen molar-refractivity contribution in [3.63, 3.8) is 0 Å². The van der Waals surface area contributed by atoms with Gasteiger partial charge in [0, 0.05) is 44.0 Å². The van der Waals surface area contributed by atoms with Gasteiger partial charge in [-0.3, -0.25) is 4.90 Å². The molecular formula is C22H30N2O3. The Morgan fingerprint density at radius 3 is 2.37 bits per heavy atom. The molecule has 27 heavy (non-hydrogen) atoms. The summed E-state index contributed by atoms with van der Waals surface area (Å²) in [7, 11) is 3.26. The van der Waals surface area contributed by atoms with Gasteiger partial charge in [-0.15, -0.1) is 0 Å². The van der Waals surface area contributed by atoms with Gasteiger partial charge < -0.3 is 19.5 Å². The molecule has 0 radical (unpaired) electrons. The van der Waals surface area contributed by atoms with Crippen molar-refractivity contribution in [1.29, 1.82) is 0 Å². The number of β-amino-alcohol motifs (C(OH)–C–C–N with tert-alkyl or cyclic N) is 1. The molecule has 5 nitrogen and oxygen atoms in total. The topological polar surface area (TPSA) is 45.2 Å². The van der Waals surface area contributed by atoms with Crippen LogP contribution in [0.4, 0.5) is 5.69 Å². The van der Waals surface area contributed by atoms with Gasteiger partial charge >= 0.3 is 0 Å². The first-order chi connectivity index (χ1) is 13.0. The minimum Gasteiger partial charge on any atom is -0.497 e. The maximum absolute atomic E-state index is 10.8. The first kappa shape index (κ1) is 19.5. The van der Waals surface area contributed by atoms with Gasteiger partial charge in [-0.05, 0) is 49.2 Å². The van der Waals surface area contributed by atoms with Crippen molar-refractivity contribution in [3.05, 3.63) is 53.1 Å². The van der Waals surface area contributed by atoms with Crippen LogP contribution in [-0.2, 0) is 0 Å². The molecule has 2 aromatic rings. The van der Waals surface area contributed by atoms with E-state index in [2.05, 4.69) is 41.8 Å². The molecule has 0 aliphatic carbocycles. The molecule has 0 bridgehead atoms. The largest absolute Gasteiger partial charge is 0.497 e. The van der Waals surface area contributed by atoms with E-state index in [1.165, 1.54) is 16.8 Å². The maximum atomic E-state index is 10.8. The summed E-state index contributed by atoms with van der Waals surface area (Å²) in [6.07, 6.45) is -0.609. The highest BCUT2D eigenvalue weighted by Crippen LogP contribution is 2.30. The molecule has 2 aromatic carbocycles. The lowest BCUT2D eigenvalue weighted by atomic mass is 10.1. The van der Waals surface area contributed by atoms with Gasteiger partial charge in [-0.25, -0.2) is 0 Å². The minimum atomic E-state index is -0.609. The molecule has 0 spiro atoms. The van der Waals surface area contributed by atoms with E-state index in [1.807, 2.05) is 18.2 Å². The van der Waals surface area contributed by atoms with Crippen LogP contribution in [0.2, 0.25) is 0 Å². The summed E-state index contributed by atoms with van der Waals surface area (Å²) < 4.78 is 10.7. The quantitative estimate of drug-likeness (QED) is 0.846. The van der Waals surface area contributed by atoms with Crippen LogP contribution in [-0.4, -0.2) is 56.9 Å². The van der Waals surface area contributed by atoms with Crippen LogP contribution in [0.3, 0.4) is 0 Å². The van der Waals surface area contributed by atoms with Crippen molar-refractivity contribution >= 4 is 5.69 Å². The molecule has 0 amide bonds. The number of nitrogens with zero attached hydrogens (tertiary/aromatic N) is 2. The third-order valence-corrected chi connectivity index (χ3v) is 5.30. The van der Waals surface area contributed by atoms with Crippen LogP contribution in [0.15, 0.2) is 36.4 Å². The van der Waals surface area contributed by atoms with E-state index < -0.39 is 6.10 Å². The fourth-order valence-corrected chi connectivity index (χ4v) is 3.67. The number of piperazine rings is 1. The Kier molecular flexibility index (Phi) is 6.24. The van der Waals surface area contributed by atoms with Gasteiger partial charge in [-0.2, -0.15) is 0 Å². The van der Waals surface area contributed by atoms with Crippen molar-refractivity contribution in [2.45, 2.75) is 20.0 Å². The second-order valence-electron chi connectivity index (χ2n) is 7.20. The molecule has 1 aliphatic heterocycles. The van der Waals surface area contributed by atoms with Crippen molar-refractivity contribution in [1.82, 2.24) is 4.90 Å². The van der Waals surface area contributed by atoms with Gasteiger partial charge in [-0.1, -0.05) is 12.1 Å². The van der Waals surface area contributed by atoms with Gasteiger partial charge in [0.05, 0.1) is 20.3 Å². The molecule has 1 aliphatic rings. The average Bonchev–Trinajstić information content (AvgIpc) is 2.70. The molecule has 0 saturated carbocycles. The second kappa shape index (κ2) is 8.63. The van der Waals surface area contributed by atoms with Crippen molar-refractivity contribution in [2.24, 2.45) is 0 Å². The smallest absolute Gasteiger partial charge is 0.124 e. The summed E-state index contributed by atoms with van der Waals surface area (Å²) in [6, 6.07) is 12.2. The number of benzene rings is 2. The van der Waals surface area contributed by atoms with Crippen molar-refractivity contribution in [3.8, 4) is 11.5 Å². The number of hydrogen-bond donors (Lipinski definition) is 1. The fraction of sp³-hybridized carbons (Fsp3) is 0.455. The third kappa shape index (κ3) is 4.54. The fourth-order valence-electron chi connectivity index (χ4n) is 3.67. The Morgan fingerprint density at radius 2 is 1.70 bits per heavy atom. The number of aliphatic hydroxyl groups excluding tert-OH is 1. The lowest BCUT2D eigenvalue weighted by Gasteiger charge is -2.37. The Balaban J connectivity index is 1.63. The Hall–Kier alpha value is -2.24.